The van der Waals surface area contributed by atoms with Crippen molar-refractivity contribution >= 4 is 17.3 Å². The van der Waals surface area contributed by atoms with Gasteiger partial charge in [-0.2, -0.15) is 10.2 Å². The molecule has 0 spiro atoms. The molecule has 0 aromatic carbocycles. The van der Waals surface area contributed by atoms with Crippen LogP contribution in [0, 0.1) is 0 Å². The number of nitrogens with zero attached hydrogens (tertiary/aromatic N) is 2. The van der Waals surface area contributed by atoms with Crippen molar-refractivity contribution < 1.29 is 9.53 Å². The van der Waals surface area contributed by atoms with E-state index < -0.39 is 0 Å². The van der Waals surface area contributed by atoms with Crippen LogP contribution in [0.1, 0.15) is 16.6 Å². The van der Waals surface area contributed by atoms with Gasteiger partial charge in [-0.15, -0.1) is 11.3 Å². The Hall–Kier alpha value is -1.75. The fourth-order valence-electron chi connectivity index (χ4n) is 1.24. The maximum absolute atomic E-state index is 11.4. The summed E-state index contributed by atoms with van der Waals surface area (Å²) in [6.45, 7) is 2.18. The lowest BCUT2D eigenvalue weighted by atomic mass is 10.2. The molecule has 16 heavy (non-hydrogen) atoms. The molecule has 2 rings (SSSR count). The van der Waals surface area contributed by atoms with E-state index in [0.717, 1.165) is 10.4 Å². The standard InChI is InChI=1S/C11H10N2O2S/c1-2-15-11(14)10-4-3-9(16-10)8-5-6-12-13-7-8/h3-7H,2H2,1H3. The highest BCUT2D eigenvalue weighted by atomic mass is 32.1. The third-order valence-corrected chi connectivity index (χ3v) is 3.07. The van der Waals surface area contributed by atoms with Crippen LogP contribution in [-0.2, 0) is 4.74 Å². The molecule has 0 aliphatic carbocycles. The summed E-state index contributed by atoms with van der Waals surface area (Å²) in [6, 6.07) is 5.50. The topological polar surface area (TPSA) is 52.1 Å². The van der Waals surface area contributed by atoms with Crippen molar-refractivity contribution in [1.29, 1.82) is 0 Å². The molecule has 5 heteroatoms. The number of ether oxygens (including phenoxy) is 1. The van der Waals surface area contributed by atoms with Gasteiger partial charge in [-0.3, -0.25) is 0 Å². The maximum Gasteiger partial charge on any atom is 0.348 e. The van der Waals surface area contributed by atoms with Crippen LogP contribution in [0.4, 0.5) is 0 Å². The zero-order valence-corrected chi connectivity index (χ0v) is 9.53. The second-order valence-electron chi connectivity index (χ2n) is 3.02. The predicted octanol–water partition coefficient (Wildman–Crippen LogP) is 2.38. The van der Waals surface area contributed by atoms with Crippen molar-refractivity contribution in [2.75, 3.05) is 6.61 Å². The van der Waals surface area contributed by atoms with Gasteiger partial charge in [-0.25, -0.2) is 4.79 Å². The smallest absolute Gasteiger partial charge is 0.348 e. The van der Waals surface area contributed by atoms with Crippen LogP contribution >= 0.6 is 11.3 Å². The van der Waals surface area contributed by atoms with Crippen LogP contribution in [0.5, 0.6) is 0 Å². The summed E-state index contributed by atoms with van der Waals surface area (Å²) in [7, 11) is 0. The van der Waals surface area contributed by atoms with Crippen molar-refractivity contribution in [3.8, 4) is 10.4 Å². The van der Waals surface area contributed by atoms with Gasteiger partial charge in [0.25, 0.3) is 0 Å². The number of thiophene rings is 1. The molecule has 0 N–H and O–H groups in total. The summed E-state index contributed by atoms with van der Waals surface area (Å²) >= 11 is 1.39. The van der Waals surface area contributed by atoms with Crippen molar-refractivity contribution in [1.82, 2.24) is 10.2 Å². The van der Waals surface area contributed by atoms with E-state index in [0.29, 0.717) is 11.5 Å². The molecule has 4 nitrogen and oxygen atoms in total. The second-order valence-corrected chi connectivity index (χ2v) is 4.10. The molecule has 0 atom stereocenters. The monoisotopic (exact) mass is 234 g/mol. The number of hydrogen-bond acceptors (Lipinski definition) is 5. The molecule has 0 radical (unpaired) electrons. The number of aromatic nitrogens is 2. The molecule has 0 saturated heterocycles. The van der Waals surface area contributed by atoms with Gasteiger partial charge >= 0.3 is 5.97 Å². The fraction of sp³-hybridized carbons (Fsp3) is 0.182. The summed E-state index contributed by atoms with van der Waals surface area (Å²) < 4.78 is 4.92. The van der Waals surface area contributed by atoms with E-state index in [-0.39, 0.29) is 5.97 Å². The van der Waals surface area contributed by atoms with Gasteiger partial charge in [0.1, 0.15) is 4.88 Å². The van der Waals surface area contributed by atoms with Gasteiger partial charge in [0.15, 0.2) is 0 Å². The summed E-state index contributed by atoms with van der Waals surface area (Å²) in [4.78, 5) is 13.0. The molecule has 2 heterocycles. The van der Waals surface area contributed by atoms with E-state index in [1.807, 2.05) is 12.1 Å². The third-order valence-electron chi connectivity index (χ3n) is 1.95. The van der Waals surface area contributed by atoms with Gasteiger partial charge in [0, 0.05) is 10.4 Å². The Morgan fingerprint density at radius 2 is 2.25 bits per heavy atom. The molecule has 2 aromatic rings. The molecule has 82 valence electrons. The molecule has 0 amide bonds. The average molecular weight is 234 g/mol. The first-order chi connectivity index (χ1) is 7.81. The molecule has 0 unspecified atom stereocenters. The first kappa shape index (κ1) is 10.8. The van der Waals surface area contributed by atoms with Crippen molar-refractivity contribution in [3.63, 3.8) is 0 Å². The largest absolute Gasteiger partial charge is 0.462 e. The van der Waals surface area contributed by atoms with E-state index in [9.17, 15) is 4.79 Å². The normalized spacial score (nSPS) is 10.1. The Labute approximate surface area is 96.9 Å². The Bertz CT molecular complexity index is 482. The van der Waals surface area contributed by atoms with Gasteiger partial charge in [0.05, 0.1) is 19.0 Å². The van der Waals surface area contributed by atoms with E-state index in [1.165, 1.54) is 11.3 Å². The van der Waals surface area contributed by atoms with Crippen LogP contribution in [-0.4, -0.2) is 22.8 Å². The van der Waals surface area contributed by atoms with E-state index in [4.69, 9.17) is 4.74 Å². The molecule has 0 bridgehead atoms. The SMILES string of the molecule is CCOC(=O)c1ccc(-c2ccnnc2)s1. The zero-order valence-electron chi connectivity index (χ0n) is 8.71. The lowest BCUT2D eigenvalue weighted by molar-refractivity contribution is 0.0532. The highest BCUT2D eigenvalue weighted by Crippen LogP contribution is 2.27. The van der Waals surface area contributed by atoms with Gasteiger partial charge in [0.2, 0.25) is 0 Å². The van der Waals surface area contributed by atoms with E-state index in [2.05, 4.69) is 10.2 Å². The van der Waals surface area contributed by atoms with Crippen LogP contribution in [0.25, 0.3) is 10.4 Å². The molecule has 0 aliphatic heterocycles. The lowest BCUT2D eigenvalue weighted by Crippen LogP contribution is -2.01. The minimum Gasteiger partial charge on any atom is -0.462 e. The minimum atomic E-state index is -0.277. The maximum atomic E-state index is 11.4. The summed E-state index contributed by atoms with van der Waals surface area (Å²) in [5.74, 6) is -0.277. The predicted molar refractivity (Wildman–Crippen MR) is 61.3 cm³/mol. The zero-order chi connectivity index (χ0) is 11.4. The first-order valence-electron chi connectivity index (χ1n) is 4.85. The molecule has 0 aliphatic rings. The number of carbonyl (C=O) groups is 1. The Kier molecular flexibility index (Phi) is 3.26. The molecule has 2 aromatic heterocycles. The first-order valence-corrected chi connectivity index (χ1v) is 5.67. The van der Waals surface area contributed by atoms with Crippen molar-refractivity contribution in [2.24, 2.45) is 0 Å². The van der Waals surface area contributed by atoms with Crippen LogP contribution < -0.4 is 0 Å². The lowest BCUT2D eigenvalue weighted by Gasteiger charge is -1.97. The van der Waals surface area contributed by atoms with Gasteiger partial charge in [-0.1, -0.05) is 0 Å². The Morgan fingerprint density at radius 3 is 2.94 bits per heavy atom. The van der Waals surface area contributed by atoms with E-state index >= 15 is 0 Å². The molecular formula is C11H10N2O2S. The summed E-state index contributed by atoms with van der Waals surface area (Å²) in [6.07, 6.45) is 3.29. The third kappa shape index (κ3) is 2.25. The Balaban J connectivity index is 2.23. The minimum absolute atomic E-state index is 0.277. The quantitative estimate of drug-likeness (QED) is 0.765. The van der Waals surface area contributed by atoms with Crippen molar-refractivity contribution in [3.05, 3.63) is 35.5 Å². The average Bonchev–Trinajstić information content (AvgIpc) is 2.80. The van der Waals surface area contributed by atoms with Crippen LogP contribution in [0.2, 0.25) is 0 Å². The van der Waals surface area contributed by atoms with Crippen LogP contribution in [0.15, 0.2) is 30.6 Å². The number of rotatable bonds is 3. The molecule has 0 saturated carbocycles. The fourth-order valence-corrected chi connectivity index (χ4v) is 2.13. The summed E-state index contributed by atoms with van der Waals surface area (Å²) in [5, 5.41) is 7.50. The second kappa shape index (κ2) is 4.85. The van der Waals surface area contributed by atoms with Crippen LogP contribution in [0.3, 0.4) is 0 Å². The number of carbonyl (C=O) groups excluding carboxylic acids is 1. The highest BCUT2D eigenvalue weighted by molar-refractivity contribution is 7.17. The molecular weight excluding hydrogens is 224 g/mol. The number of hydrogen-bond donors (Lipinski definition) is 0. The Morgan fingerprint density at radius 1 is 1.38 bits per heavy atom. The van der Waals surface area contributed by atoms with Gasteiger partial charge in [-0.05, 0) is 25.1 Å². The number of esters is 1. The van der Waals surface area contributed by atoms with E-state index in [1.54, 1.807) is 25.4 Å². The summed E-state index contributed by atoms with van der Waals surface area (Å²) in [5.41, 5.74) is 0.954. The highest BCUT2D eigenvalue weighted by Gasteiger charge is 2.10. The van der Waals surface area contributed by atoms with Crippen molar-refractivity contribution in [2.45, 2.75) is 6.92 Å². The molecule has 0 fully saturated rings. The van der Waals surface area contributed by atoms with Gasteiger partial charge < -0.3 is 4.74 Å².